The summed E-state index contributed by atoms with van der Waals surface area (Å²) in [7, 11) is -2.44. The normalized spacial score (nSPS) is 11.0. The number of nitrogens with one attached hydrogen (secondary N) is 1. The van der Waals surface area contributed by atoms with E-state index in [-0.39, 0.29) is 16.1 Å². The Morgan fingerprint density at radius 3 is 2.36 bits per heavy atom. The van der Waals surface area contributed by atoms with Crippen molar-refractivity contribution in [3.05, 3.63) is 52.5 Å². The van der Waals surface area contributed by atoms with E-state index in [9.17, 15) is 13.2 Å². The van der Waals surface area contributed by atoms with Crippen LogP contribution in [0.25, 0.3) is 0 Å². The molecule has 0 unspecified atom stereocenters. The van der Waals surface area contributed by atoms with Gasteiger partial charge in [0.2, 0.25) is 0 Å². The molecular formula is C14H12BrNO5S. The topological polar surface area (TPSA) is 92.7 Å². The van der Waals surface area contributed by atoms with Crippen LogP contribution < -0.4 is 9.46 Å². The van der Waals surface area contributed by atoms with Gasteiger partial charge in [-0.2, -0.15) is 0 Å². The standard InChI is InChI=1S/C14H12BrNO5S/c1-21-9-5-7-10(8-6-9)22(19,20)16-13-11(14(17)18)3-2-4-12(13)15/h2-8,16H,1H3,(H,17,18). The Morgan fingerprint density at radius 2 is 1.82 bits per heavy atom. The summed E-state index contributed by atoms with van der Waals surface area (Å²) in [6.07, 6.45) is 0. The number of carboxylic acid groups (broad SMARTS) is 1. The quantitative estimate of drug-likeness (QED) is 0.824. The van der Waals surface area contributed by atoms with E-state index < -0.39 is 16.0 Å². The molecule has 116 valence electrons. The van der Waals surface area contributed by atoms with Crippen LogP contribution in [0, 0.1) is 0 Å². The molecule has 0 aliphatic carbocycles. The lowest BCUT2D eigenvalue weighted by molar-refractivity contribution is 0.0698. The lowest BCUT2D eigenvalue weighted by atomic mass is 10.2. The van der Waals surface area contributed by atoms with E-state index in [1.165, 1.54) is 43.5 Å². The summed E-state index contributed by atoms with van der Waals surface area (Å²) in [5, 5.41) is 9.15. The van der Waals surface area contributed by atoms with Crippen molar-refractivity contribution in [2.24, 2.45) is 0 Å². The molecule has 2 aromatic rings. The minimum Gasteiger partial charge on any atom is -0.497 e. The Hall–Kier alpha value is -2.06. The van der Waals surface area contributed by atoms with Gasteiger partial charge in [-0.05, 0) is 52.3 Å². The van der Waals surface area contributed by atoms with Crippen LogP contribution in [0.2, 0.25) is 0 Å². The van der Waals surface area contributed by atoms with Crippen molar-refractivity contribution < 1.29 is 23.1 Å². The van der Waals surface area contributed by atoms with Crippen LogP contribution in [0.5, 0.6) is 5.75 Å². The Labute approximate surface area is 135 Å². The minimum atomic E-state index is -3.92. The number of halogens is 1. The average Bonchev–Trinajstić information content (AvgIpc) is 2.49. The van der Waals surface area contributed by atoms with E-state index >= 15 is 0 Å². The molecule has 22 heavy (non-hydrogen) atoms. The fourth-order valence-electron chi connectivity index (χ4n) is 1.75. The molecule has 0 radical (unpaired) electrons. The molecule has 2 rings (SSSR count). The molecule has 2 aromatic carbocycles. The number of methoxy groups -OCH3 is 1. The summed E-state index contributed by atoms with van der Waals surface area (Å²) < 4.78 is 32.3. The van der Waals surface area contributed by atoms with E-state index in [4.69, 9.17) is 9.84 Å². The van der Waals surface area contributed by atoms with Crippen LogP contribution in [0.15, 0.2) is 51.8 Å². The van der Waals surface area contributed by atoms with Crippen molar-refractivity contribution in [3.8, 4) is 5.75 Å². The van der Waals surface area contributed by atoms with Crippen LogP contribution in [0.3, 0.4) is 0 Å². The molecule has 0 saturated heterocycles. The number of rotatable bonds is 5. The summed E-state index contributed by atoms with van der Waals surface area (Å²) >= 11 is 3.15. The molecule has 0 fully saturated rings. The first-order valence-corrected chi connectivity index (χ1v) is 8.31. The molecule has 0 heterocycles. The van der Waals surface area contributed by atoms with Gasteiger partial charge < -0.3 is 9.84 Å². The summed E-state index contributed by atoms with van der Waals surface area (Å²) in [5.74, 6) is -0.709. The smallest absolute Gasteiger partial charge is 0.337 e. The van der Waals surface area contributed by atoms with Crippen LogP contribution in [-0.2, 0) is 10.0 Å². The maximum atomic E-state index is 12.4. The largest absolute Gasteiger partial charge is 0.497 e. The lowest BCUT2D eigenvalue weighted by Gasteiger charge is -2.12. The molecule has 0 atom stereocenters. The molecule has 0 spiro atoms. The Morgan fingerprint density at radius 1 is 1.18 bits per heavy atom. The first-order valence-electron chi connectivity index (χ1n) is 6.04. The van der Waals surface area contributed by atoms with Crippen LogP contribution in [0.4, 0.5) is 5.69 Å². The number of ether oxygens (including phenoxy) is 1. The Bertz CT molecular complexity index is 802. The van der Waals surface area contributed by atoms with Crippen LogP contribution in [0.1, 0.15) is 10.4 Å². The SMILES string of the molecule is COc1ccc(S(=O)(=O)Nc2c(Br)cccc2C(=O)O)cc1. The number of carboxylic acids is 1. The van der Waals surface area contributed by atoms with E-state index in [1.54, 1.807) is 6.07 Å². The molecule has 0 amide bonds. The number of sulfonamides is 1. The second-order valence-corrected chi connectivity index (χ2v) is 6.79. The van der Waals surface area contributed by atoms with Crippen molar-refractivity contribution in [2.75, 3.05) is 11.8 Å². The molecule has 0 bridgehead atoms. The number of benzene rings is 2. The first kappa shape index (κ1) is 16.3. The van der Waals surface area contributed by atoms with Gasteiger partial charge in [-0.15, -0.1) is 0 Å². The summed E-state index contributed by atoms with van der Waals surface area (Å²) in [4.78, 5) is 11.2. The summed E-state index contributed by atoms with van der Waals surface area (Å²) in [5.41, 5.74) is -0.169. The zero-order valence-corrected chi connectivity index (χ0v) is 13.8. The monoisotopic (exact) mass is 385 g/mol. The molecule has 6 nitrogen and oxygen atoms in total. The summed E-state index contributed by atoms with van der Waals surface area (Å²) in [6.45, 7) is 0. The number of hydrogen-bond donors (Lipinski definition) is 2. The maximum absolute atomic E-state index is 12.4. The van der Waals surface area contributed by atoms with Gasteiger partial charge in [0.05, 0.1) is 23.3 Å². The highest BCUT2D eigenvalue weighted by Crippen LogP contribution is 2.29. The third-order valence-electron chi connectivity index (χ3n) is 2.85. The third kappa shape index (κ3) is 3.40. The molecule has 8 heteroatoms. The van der Waals surface area contributed by atoms with Gasteiger partial charge in [-0.3, -0.25) is 4.72 Å². The van der Waals surface area contributed by atoms with Crippen molar-refractivity contribution in [1.82, 2.24) is 0 Å². The number of hydrogen-bond acceptors (Lipinski definition) is 4. The van der Waals surface area contributed by atoms with Crippen LogP contribution >= 0.6 is 15.9 Å². The molecule has 0 aromatic heterocycles. The van der Waals surface area contributed by atoms with Crippen molar-refractivity contribution in [3.63, 3.8) is 0 Å². The number of carbonyl (C=O) groups is 1. The lowest BCUT2D eigenvalue weighted by Crippen LogP contribution is -2.16. The van der Waals surface area contributed by atoms with Gasteiger partial charge in [0.25, 0.3) is 10.0 Å². The second kappa shape index (κ2) is 6.37. The van der Waals surface area contributed by atoms with Crippen molar-refractivity contribution >= 4 is 37.6 Å². The van der Waals surface area contributed by atoms with Crippen LogP contribution in [-0.4, -0.2) is 26.6 Å². The van der Waals surface area contributed by atoms with Crippen molar-refractivity contribution in [1.29, 1.82) is 0 Å². The molecule has 0 aliphatic rings. The molecule has 2 N–H and O–H groups in total. The molecular weight excluding hydrogens is 374 g/mol. The predicted octanol–water partition coefficient (Wildman–Crippen LogP) is 2.96. The second-order valence-electron chi connectivity index (χ2n) is 4.25. The van der Waals surface area contributed by atoms with Gasteiger partial charge in [0, 0.05) is 4.47 Å². The van der Waals surface area contributed by atoms with Gasteiger partial charge in [-0.1, -0.05) is 6.07 Å². The average molecular weight is 386 g/mol. The third-order valence-corrected chi connectivity index (χ3v) is 4.88. The predicted molar refractivity (Wildman–Crippen MR) is 84.9 cm³/mol. The fourth-order valence-corrected chi connectivity index (χ4v) is 3.45. The van der Waals surface area contributed by atoms with Gasteiger partial charge in [0.15, 0.2) is 0 Å². The number of aromatic carboxylic acids is 1. The maximum Gasteiger partial charge on any atom is 0.337 e. The minimum absolute atomic E-state index is 0.000363. The number of para-hydroxylation sites is 1. The zero-order valence-electron chi connectivity index (χ0n) is 11.4. The highest BCUT2D eigenvalue weighted by molar-refractivity contribution is 9.10. The van der Waals surface area contributed by atoms with Crippen molar-refractivity contribution in [2.45, 2.75) is 4.90 Å². The number of anilines is 1. The van der Waals surface area contributed by atoms with Gasteiger partial charge >= 0.3 is 5.97 Å². The van der Waals surface area contributed by atoms with E-state index in [1.807, 2.05) is 0 Å². The highest BCUT2D eigenvalue weighted by Gasteiger charge is 2.20. The molecule has 0 aliphatic heterocycles. The Balaban J connectivity index is 2.42. The fraction of sp³-hybridized carbons (Fsp3) is 0.0714. The Kier molecular flexibility index (Phi) is 4.72. The van der Waals surface area contributed by atoms with E-state index in [0.29, 0.717) is 10.2 Å². The van der Waals surface area contributed by atoms with Gasteiger partial charge in [-0.25, -0.2) is 13.2 Å². The zero-order chi connectivity index (χ0) is 16.3. The first-order chi connectivity index (χ1) is 10.3. The van der Waals surface area contributed by atoms with E-state index in [0.717, 1.165) is 0 Å². The van der Waals surface area contributed by atoms with Gasteiger partial charge in [0.1, 0.15) is 5.75 Å². The van der Waals surface area contributed by atoms with E-state index in [2.05, 4.69) is 20.7 Å². The summed E-state index contributed by atoms with van der Waals surface area (Å²) in [6, 6.07) is 10.1. The highest BCUT2D eigenvalue weighted by atomic mass is 79.9. The molecule has 0 saturated carbocycles.